The maximum Gasteiger partial charge on any atom is 0.298 e. The number of nitrogens with one attached hydrogen (secondary N) is 1. The molecule has 1 aromatic carbocycles. The third-order valence-electron chi connectivity index (χ3n) is 1.86. The molecule has 14 heavy (non-hydrogen) atoms. The number of rotatable bonds is 1. The van der Waals surface area contributed by atoms with Gasteiger partial charge in [0.1, 0.15) is 0 Å². The largest absolute Gasteiger partial charge is 0.298 e. The fraction of sp³-hybridized carbons (Fsp3) is 0. The van der Waals surface area contributed by atoms with Crippen LogP contribution in [0.3, 0.4) is 0 Å². The first-order valence-electron chi connectivity index (χ1n) is 3.77. The van der Waals surface area contributed by atoms with E-state index in [1.165, 1.54) is 18.2 Å². The van der Waals surface area contributed by atoms with E-state index in [1.807, 2.05) is 5.48 Å². The lowest BCUT2D eigenvalue weighted by Gasteiger charge is -2.10. The topological polar surface area (TPSA) is 91.1 Å². The Hall–Kier alpha value is -2.08. The van der Waals surface area contributed by atoms with Crippen molar-refractivity contribution in [3.8, 4) is 0 Å². The zero-order valence-electron chi connectivity index (χ0n) is 6.89. The van der Waals surface area contributed by atoms with Gasteiger partial charge in [0.25, 0.3) is 11.8 Å². The lowest BCUT2D eigenvalue weighted by molar-refractivity contribution is 0.0921. The van der Waals surface area contributed by atoms with Gasteiger partial charge in [0.15, 0.2) is 0 Å². The van der Waals surface area contributed by atoms with Gasteiger partial charge in [0, 0.05) is 0 Å². The molecule has 1 aromatic rings. The van der Waals surface area contributed by atoms with E-state index in [0.717, 1.165) is 0 Å². The van der Waals surface area contributed by atoms with E-state index in [4.69, 9.17) is 5.21 Å². The molecule has 0 bridgehead atoms. The Balaban J connectivity index is 2.71. The summed E-state index contributed by atoms with van der Waals surface area (Å²) in [7, 11) is 0. The predicted octanol–water partition coefficient (Wildman–Crippen LogP) is 1.23. The van der Waals surface area contributed by atoms with Crippen LogP contribution >= 0.6 is 0 Å². The van der Waals surface area contributed by atoms with Gasteiger partial charge in [0.05, 0.1) is 16.8 Å². The first-order valence-corrected chi connectivity index (χ1v) is 3.77. The van der Waals surface area contributed by atoms with Gasteiger partial charge in [0.2, 0.25) is 0 Å². The van der Waals surface area contributed by atoms with Crippen molar-refractivity contribution in [2.45, 2.75) is 0 Å². The van der Waals surface area contributed by atoms with Gasteiger partial charge in [-0.3, -0.25) is 20.3 Å². The summed E-state index contributed by atoms with van der Waals surface area (Å²) in [5, 5.41) is 15.0. The van der Waals surface area contributed by atoms with Crippen LogP contribution in [0.1, 0.15) is 20.7 Å². The zero-order chi connectivity index (χ0) is 10.1. The Morgan fingerprint density at radius 3 is 2.57 bits per heavy atom. The Morgan fingerprint density at radius 2 is 1.86 bits per heavy atom. The average Bonchev–Trinajstić information content (AvgIpc) is 2.23. The average molecular weight is 191 g/mol. The molecule has 6 nitrogen and oxygen atoms in total. The van der Waals surface area contributed by atoms with Crippen molar-refractivity contribution in [3.05, 3.63) is 29.3 Å². The van der Waals surface area contributed by atoms with Crippen molar-refractivity contribution in [3.63, 3.8) is 0 Å². The fourth-order valence-corrected chi connectivity index (χ4v) is 1.25. The molecule has 1 heterocycles. The van der Waals surface area contributed by atoms with Crippen LogP contribution in [0.2, 0.25) is 0 Å². The molecule has 1 aliphatic rings. The van der Waals surface area contributed by atoms with Crippen molar-refractivity contribution in [2.75, 3.05) is 5.48 Å². The van der Waals surface area contributed by atoms with Crippen molar-refractivity contribution < 1.29 is 14.8 Å². The number of carbonyl (C=O) groups excluding carboxylic acids is 2. The maximum absolute atomic E-state index is 11.2. The first-order chi connectivity index (χ1) is 6.74. The number of anilines is 1. The normalized spacial score (nSPS) is 14.1. The number of nitrogens with zero attached hydrogens (tertiary/aromatic N) is 2. The van der Waals surface area contributed by atoms with E-state index < -0.39 is 11.8 Å². The molecule has 0 fully saturated rings. The van der Waals surface area contributed by atoms with Crippen LogP contribution in [0, 0.1) is 0 Å². The first kappa shape index (κ1) is 8.52. The van der Waals surface area contributed by atoms with E-state index in [-0.39, 0.29) is 16.8 Å². The van der Waals surface area contributed by atoms with Crippen LogP contribution in [0.4, 0.5) is 5.69 Å². The number of fused-ring (bicyclic) bond motifs is 1. The summed E-state index contributed by atoms with van der Waals surface area (Å²) in [5.41, 5.74) is 2.18. The van der Waals surface area contributed by atoms with Gasteiger partial charge in [-0.05, 0) is 12.1 Å². The Kier molecular flexibility index (Phi) is 1.83. The smallest absolute Gasteiger partial charge is 0.291 e. The molecule has 0 spiro atoms. The lowest BCUT2D eigenvalue weighted by atomic mass is 10.0. The maximum atomic E-state index is 11.2. The minimum atomic E-state index is -0.642. The van der Waals surface area contributed by atoms with Crippen LogP contribution in [-0.4, -0.2) is 17.0 Å². The van der Waals surface area contributed by atoms with Crippen LogP contribution in [0.15, 0.2) is 28.4 Å². The highest BCUT2D eigenvalue weighted by Gasteiger charge is 2.24. The Labute approximate surface area is 78.2 Å². The van der Waals surface area contributed by atoms with E-state index >= 15 is 0 Å². The molecule has 6 heteroatoms. The van der Waals surface area contributed by atoms with Gasteiger partial charge in [-0.25, -0.2) is 0 Å². The highest BCUT2D eigenvalue weighted by molar-refractivity contribution is 6.13. The number of hydrogen-bond acceptors (Lipinski definition) is 4. The van der Waals surface area contributed by atoms with Crippen molar-refractivity contribution in [1.82, 2.24) is 0 Å². The van der Waals surface area contributed by atoms with Gasteiger partial charge < -0.3 is 0 Å². The molecule has 0 aromatic heterocycles. The Morgan fingerprint density at radius 1 is 1.14 bits per heavy atom. The van der Waals surface area contributed by atoms with Gasteiger partial charge in [-0.2, -0.15) is 0 Å². The summed E-state index contributed by atoms with van der Waals surface area (Å²) in [4.78, 5) is 22.4. The standard InChI is InChI=1S/C8H5N3O3/c12-7-4-2-1-3-5(11-14)6(4)8(13)10-9-7/h1-3,11,14H. The monoisotopic (exact) mass is 191 g/mol. The Bertz CT molecular complexity index is 453. The molecule has 0 saturated heterocycles. The molecule has 0 atom stereocenters. The molecule has 2 rings (SSSR count). The van der Waals surface area contributed by atoms with E-state index in [1.54, 1.807) is 0 Å². The predicted molar refractivity (Wildman–Crippen MR) is 45.4 cm³/mol. The molecule has 2 N–H and O–H groups in total. The van der Waals surface area contributed by atoms with E-state index in [0.29, 0.717) is 0 Å². The van der Waals surface area contributed by atoms with Crippen molar-refractivity contribution in [1.29, 1.82) is 0 Å². The molecule has 2 amide bonds. The highest BCUT2D eigenvalue weighted by atomic mass is 16.5. The quantitative estimate of drug-likeness (QED) is 0.653. The molecule has 1 aliphatic heterocycles. The van der Waals surface area contributed by atoms with Gasteiger partial charge in [-0.1, -0.05) is 6.07 Å². The molecule has 70 valence electrons. The van der Waals surface area contributed by atoms with Crippen LogP contribution in [-0.2, 0) is 0 Å². The summed E-state index contributed by atoms with van der Waals surface area (Å²) in [5.74, 6) is -1.23. The summed E-state index contributed by atoms with van der Waals surface area (Å²) in [6.07, 6.45) is 0. The molecule has 0 unspecified atom stereocenters. The molecular weight excluding hydrogens is 186 g/mol. The number of amides is 2. The second kappa shape index (κ2) is 3.00. The van der Waals surface area contributed by atoms with Gasteiger partial charge in [-0.15, -0.1) is 10.2 Å². The third-order valence-corrected chi connectivity index (χ3v) is 1.86. The molecule has 0 radical (unpaired) electrons. The van der Waals surface area contributed by atoms with Crippen LogP contribution < -0.4 is 5.48 Å². The van der Waals surface area contributed by atoms with E-state index in [9.17, 15) is 9.59 Å². The van der Waals surface area contributed by atoms with Gasteiger partial charge >= 0.3 is 0 Å². The third kappa shape index (κ3) is 1.09. The zero-order valence-corrected chi connectivity index (χ0v) is 6.89. The molecule has 0 aliphatic carbocycles. The van der Waals surface area contributed by atoms with Crippen molar-refractivity contribution in [2.24, 2.45) is 10.2 Å². The molecule has 0 saturated carbocycles. The summed E-state index contributed by atoms with van der Waals surface area (Å²) < 4.78 is 0. The van der Waals surface area contributed by atoms with Crippen LogP contribution in [0.5, 0.6) is 0 Å². The van der Waals surface area contributed by atoms with Crippen LogP contribution in [0.25, 0.3) is 0 Å². The second-order valence-electron chi connectivity index (χ2n) is 2.65. The highest BCUT2D eigenvalue weighted by Crippen LogP contribution is 2.24. The number of benzene rings is 1. The van der Waals surface area contributed by atoms with E-state index in [2.05, 4.69) is 10.2 Å². The number of carbonyl (C=O) groups is 2. The summed E-state index contributed by atoms with van der Waals surface area (Å²) in [6, 6.07) is 4.45. The minimum Gasteiger partial charge on any atom is -0.291 e. The second-order valence-corrected chi connectivity index (χ2v) is 2.65. The summed E-state index contributed by atoms with van der Waals surface area (Å²) >= 11 is 0. The number of azo groups is 1. The number of hydrogen-bond donors (Lipinski definition) is 2. The van der Waals surface area contributed by atoms with Crippen molar-refractivity contribution >= 4 is 17.5 Å². The lowest BCUT2D eigenvalue weighted by Crippen LogP contribution is -2.13. The SMILES string of the molecule is O=C1N=NC(=O)c2c(NO)cccc21. The fourth-order valence-electron chi connectivity index (χ4n) is 1.25. The molecular formula is C8H5N3O3. The minimum absolute atomic E-state index is 0.0509. The summed E-state index contributed by atoms with van der Waals surface area (Å²) in [6.45, 7) is 0.